The molecule has 0 bridgehead atoms. The Kier molecular flexibility index (Phi) is 12.6. The van der Waals surface area contributed by atoms with Crippen LogP contribution in [0, 0.1) is 12.1 Å². The Bertz CT molecular complexity index is 2840. The Hall–Kier alpha value is -5.39. The van der Waals surface area contributed by atoms with Crippen molar-refractivity contribution in [1.82, 2.24) is 14.5 Å². The average molecular weight is 994 g/mol. The van der Waals surface area contributed by atoms with E-state index in [1.54, 1.807) is 0 Å². The van der Waals surface area contributed by atoms with Gasteiger partial charge in [-0.05, 0) is 80.7 Å². The molecule has 4 nitrogen and oxygen atoms in total. The molecule has 1 radical (unpaired) electrons. The Labute approximate surface area is 376 Å². The zero-order chi connectivity index (χ0) is 42.3. The van der Waals surface area contributed by atoms with Crippen LogP contribution in [0.5, 0.6) is 0 Å². The van der Waals surface area contributed by atoms with E-state index in [-0.39, 0.29) is 25.5 Å². The molecule has 6 aromatic carbocycles. The molecule has 0 amide bonds. The number of para-hydroxylation sites is 3. The number of hydrogen-bond acceptors (Lipinski definition) is 3. The van der Waals surface area contributed by atoms with E-state index >= 15 is 0 Å². The van der Waals surface area contributed by atoms with Crippen molar-refractivity contribution < 1.29 is 24.5 Å². The molecule has 0 aliphatic carbocycles. The number of nitrogens with zero attached hydrogens (tertiary/aromatic N) is 3. The van der Waals surface area contributed by atoms with E-state index in [9.17, 15) is 0 Å². The maximum atomic E-state index is 6.47. The summed E-state index contributed by atoms with van der Waals surface area (Å²) in [7, 11) is -1.26. The van der Waals surface area contributed by atoms with Crippen molar-refractivity contribution in [2.24, 2.45) is 0 Å². The summed E-state index contributed by atoms with van der Waals surface area (Å²) in [5.74, 6) is 1.45. The summed E-state index contributed by atoms with van der Waals surface area (Å²) in [6.45, 7) is 22.8. The van der Waals surface area contributed by atoms with Crippen molar-refractivity contribution >= 4 is 46.2 Å². The number of furan rings is 1. The van der Waals surface area contributed by atoms with Crippen LogP contribution in [0.15, 0.2) is 144 Å². The van der Waals surface area contributed by atoms with E-state index in [1.165, 1.54) is 38.7 Å². The first-order valence-corrected chi connectivity index (χ1v) is 24.7. The number of benzene rings is 6. The third-order valence-corrected chi connectivity index (χ3v) is 13.5. The molecule has 0 aliphatic heterocycles. The minimum absolute atomic E-state index is 0. The van der Waals surface area contributed by atoms with Crippen molar-refractivity contribution in [3.8, 4) is 39.5 Å². The number of fused-ring (bicyclic) bond motifs is 4. The first-order chi connectivity index (χ1) is 28.7. The molecule has 3 aromatic heterocycles. The largest absolute Gasteiger partial charge is 0.501 e. The Morgan fingerprint density at radius 1 is 0.689 bits per heavy atom. The van der Waals surface area contributed by atoms with Gasteiger partial charge in [-0.2, -0.15) is 0 Å². The standard InChI is InChI=1S/C37H31N2O.C18H24NSi.Ir/c1-23(2)30-21-26(25-13-6-5-7-14-25)22-31(24(3)4)35(30)39-33-19-10-9-18-32(33)38-37(39)29-17-12-16-28-27-15-8-11-20-34(27)40-36(28)29;1-18(2,3)15-9-7-14(8-10-15)17-12-11-16(13-19-17)20(4,5)6;/h5-16,18-24H,1-4H3;7,9-13H,1-6H3;/q2*-1;. The number of hydrogen-bond donors (Lipinski definition) is 0. The molecule has 0 spiro atoms. The van der Waals surface area contributed by atoms with Gasteiger partial charge < -0.3 is 14.0 Å². The topological polar surface area (TPSA) is 43.9 Å². The monoisotopic (exact) mass is 994 g/mol. The Morgan fingerprint density at radius 3 is 1.98 bits per heavy atom. The van der Waals surface area contributed by atoms with E-state index in [0.29, 0.717) is 11.8 Å². The van der Waals surface area contributed by atoms with Crippen LogP contribution in [0.2, 0.25) is 19.6 Å². The predicted molar refractivity (Wildman–Crippen MR) is 256 cm³/mol. The van der Waals surface area contributed by atoms with Crippen molar-refractivity contribution in [3.63, 3.8) is 0 Å². The van der Waals surface area contributed by atoms with Gasteiger partial charge in [0.25, 0.3) is 0 Å². The third kappa shape index (κ3) is 8.86. The second-order valence-corrected chi connectivity index (χ2v) is 23.6. The smallest absolute Gasteiger partial charge is 0.120 e. The molecular formula is C55H55IrN3OSi-2. The number of imidazole rings is 1. The van der Waals surface area contributed by atoms with Gasteiger partial charge in [-0.15, -0.1) is 53.6 Å². The molecule has 3 heterocycles. The molecule has 311 valence electrons. The van der Waals surface area contributed by atoms with Gasteiger partial charge in [0.05, 0.1) is 30.5 Å². The van der Waals surface area contributed by atoms with E-state index in [0.717, 1.165) is 55.6 Å². The van der Waals surface area contributed by atoms with Crippen LogP contribution in [0.25, 0.3) is 72.4 Å². The van der Waals surface area contributed by atoms with Gasteiger partial charge in [-0.25, -0.2) is 0 Å². The van der Waals surface area contributed by atoms with Crippen LogP contribution in [-0.2, 0) is 25.5 Å². The van der Waals surface area contributed by atoms with Crippen LogP contribution >= 0.6 is 0 Å². The van der Waals surface area contributed by atoms with Gasteiger partial charge in [0.15, 0.2) is 0 Å². The van der Waals surface area contributed by atoms with Gasteiger partial charge >= 0.3 is 0 Å². The quantitative estimate of drug-likeness (QED) is 0.118. The second kappa shape index (κ2) is 17.5. The average Bonchev–Trinajstić information content (AvgIpc) is 3.82. The minimum Gasteiger partial charge on any atom is -0.501 e. The van der Waals surface area contributed by atoms with Crippen LogP contribution < -0.4 is 5.19 Å². The zero-order valence-electron chi connectivity index (χ0n) is 37.0. The molecule has 61 heavy (non-hydrogen) atoms. The predicted octanol–water partition coefficient (Wildman–Crippen LogP) is 14.7. The number of rotatable bonds is 7. The summed E-state index contributed by atoms with van der Waals surface area (Å²) >= 11 is 0. The SMILES string of the molecule is CC(C)(C)c1c[c-]c(-c2ccc([Si](C)(C)C)cn2)cc1.CC(C)c1cc(-c2ccccc2)cc(C(C)C)c1-n1c(-c2[c-]ccc3c2oc2ccccc23)nc2ccccc21.[Ir]. The maximum absolute atomic E-state index is 6.47. The van der Waals surface area contributed by atoms with Crippen molar-refractivity contribution in [1.29, 1.82) is 0 Å². The summed E-state index contributed by atoms with van der Waals surface area (Å²) in [6.07, 6.45) is 2.03. The van der Waals surface area contributed by atoms with E-state index in [4.69, 9.17) is 9.40 Å². The molecule has 9 aromatic rings. The molecule has 9 rings (SSSR count). The molecule has 0 saturated carbocycles. The summed E-state index contributed by atoms with van der Waals surface area (Å²) in [6, 6.07) is 53.7. The molecule has 0 aliphatic rings. The first-order valence-electron chi connectivity index (χ1n) is 21.2. The van der Waals surface area contributed by atoms with Crippen LogP contribution in [0.3, 0.4) is 0 Å². The fraction of sp³-hybridized carbons (Fsp3) is 0.236. The minimum atomic E-state index is -1.26. The van der Waals surface area contributed by atoms with Crippen molar-refractivity contribution in [2.45, 2.75) is 85.4 Å². The van der Waals surface area contributed by atoms with Crippen molar-refractivity contribution in [3.05, 3.63) is 168 Å². The molecule has 0 N–H and O–H groups in total. The van der Waals surface area contributed by atoms with E-state index < -0.39 is 8.07 Å². The Balaban J connectivity index is 0.000000226. The van der Waals surface area contributed by atoms with Crippen molar-refractivity contribution in [2.75, 3.05) is 0 Å². The van der Waals surface area contributed by atoms with Gasteiger partial charge in [-0.1, -0.05) is 152 Å². The fourth-order valence-corrected chi connectivity index (χ4v) is 8.98. The molecule has 6 heteroatoms. The van der Waals surface area contributed by atoms with Gasteiger partial charge in [0.1, 0.15) is 5.58 Å². The Morgan fingerprint density at radius 2 is 1.36 bits per heavy atom. The fourth-order valence-electron chi connectivity index (χ4n) is 7.94. The second-order valence-electron chi connectivity index (χ2n) is 18.6. The van der Waals surface area contributed by atoms with E-state index in [2.05, 4.69) is 205 Å². The van der Waals surface area contributed by atoms with Crippen LogP contribution in [0.4, 0.5) is 0 Å². The third-order valence-electron chi connectivity index (χ3n) is 11.5. The summed E-state index contributed by atoms with van der Waals surface area (Å²) in [4.78, 5) is 9.84. The maximum Gasteiger partial charge on any atom is 0.120 e. The zero-order valence-corrected chi connectivity index (χ0v) is 40.4. The summed E-state index contributed by atoms with van der Waals surface area (Å²) in [5, 5.41) is 3.58. The van der Waals surface area contributed by atoms with Gasteiger partial charge in [-0.3, -0.25) is 4.98 Å². The van der Waals surface area contributed by atoms with Gasteiger partial charge in [0.2, 0.25) is 0 Å². The summed E-state index contributed by atoms with van der Waals surface area (Å²) < 4.78 is 8.83. The molecule has 0 atom stereocenters. The first kappa shape index (κ1) is 43.7. The van der Waals surface area contributed by atoms with Crippen LogP contribution in [-0.4, -0.2) is 22.6 Å². The molecular weight excluding hydrogens is 939 g/mol. The van der Waals surface area contributed by atoms with Gasteiger partial charge in [0, 0.05) is 37.4 Å². The number of pyridine rings is 1. The number of aromatic nitrogens is 3. The summed E-state index contributed by atoms with van der Waals surface area (Å²) in [5.41, 5.74) is 14.4. The van der Waals surface area contributed by atoms with E-state index in [1.807, 2.05) is 24.4 Å². The molecule has 0 saturated heterocycles. The van der Waals surface area contributed by atoms with Crippen LogP contribution in [0.1, 0.15) is 77.0 Å². The molecule has 0 unspecified atom stereocenters. The molecule has 0 fully saturated rings. The normalized spacial score (nSPS) is 11.9.